The second-order valence-corrected chi connectivity index (χ2v) is 5.14. The molecule has 0 aromatic carbocycles. The molecule has 0 atom stereocenters. The number of thiazole rings is 1. The van der Waals surface area contributed by atoms with Crippen LogP contribution in [0.15, 0.2) is 5.38 Å². The third-order valence-corrected chi connectivity index (χ3v) is 3.29. The summed E-state index contributed by atoms with van der Waals surface area (Å²) in [5.74, 6) is 0. The summed E-state index contributed by atoms with van der Waals surface area (Å²) in [6.07, 6.45) is 0. The van der Waals surface area contributed by atoms with E-state index in [9.17, 15) is 0 Å². The smallest absolute Gasteiger partial charge is 0.274 e. The molecule has 80 valence electrons. The molecular formula is C9H15ClN2OS. The van der Waals surface area contributed by atoms with Gasteiger partial charge < -0.3 is 9.64 Å². The van der Waals surface area contributed by atoms with Crippen LogP contribution in [0.1, 0.15) is 13.8 Å². The summed E-state index contributed by atoms with van der Waals surface area (Å²) >= 11 is 7.10. The van der Waals surface area contributed by atoms with Gasteiger partial charge in [-0.2, -0.15) is 4.98 Å². The van der Waals surface area contributed by atoms with E-state index in [1.54, 1.807) is 5.38 Å². The zero-order chi connectivity index (χ0) is 10.8. The molecule has 1 aromatic rings. The number of halogens is 1. The molecule has 0 unspecified atom stereocenters. The lowest BCUT2D eigenvalue weighted by atomic mass is 10.1. The Hall–Kier alpha value is -0.320. The van der Waals surface area contributed by atoms with Crippen molar-refractivity contribution in [1.82, 2.24) is 9.88 Å². The van der Waals surface area contributed by atoms with Crippen LogP contribution in [0.2, 0.25) is 5.15 Å². The van der Waals surface area contributed by atoms with Crippen molar-refractivity contribution in [1.29, 1.82) is 0 Å². The summed E-state index contributed by atoms with van der Waals surface area (Å²) in [7, 11) is 4.05. The van der Waals surface area contributed by atoms with Gasteiger partial charge in [-0.1, -0.05) is 22.9 Å². The molecule has 0 aliphatic rings. The summed E-state index contributed by atoms with van der Waals surface area (Å²) in [6.45, 7) is 4.83. The fraction of sp³-hybridized carbons (Fsp3) is 0.667. The first kappa shape index (κ1) is 11.8. The number of rotatable bonds is 4. The molecule has 0 aliphatic carbocycles. The van der Waals surface area contributed by atoms with Crippen molar-refractivity contribution in [3.8, 4) is 5.19 Å². The maximum atomic E-state index is 5.68. The Morgan fingerprint density at radius 2 is 2.21 bits per heavy atom. The van der Waals surface area contributed by atoms with Gasteiger partial charge in [0.05, 0.1) is 0 Å². The number of ether oxygens (including phenoxy) is 1. The van der Waals surface area contributed by atoms with E-state index in [4.69, 9.17) is 16.3 Å². The molecule has 5 heteroatoms. The lowest BCUT2D eigenvalue weighted by Gasteiger charge is -2.31. The molecule has 1 rings (SSSR count). The van der Waals surface area contributed by atoms with Crippen LogP contribution in [0.3, 0.4) is 0 Å². The summed E-state index contributed by atoms with van der Waals surface area (Å²) in [4.78, 5) is 6.13. The van der Waals surface area contributed by atoms with Gasteiger partial charge in [-0.05, 0) is 27.9 Å². The van der Waals surface area contributed by atoms with Crippen LogP contribution < -0.4 is 4.74 Å². The van der Waals surface area contributed by atoms with Gasteiger partial charge in [-0.25, -0.2) is 0 Å². The number of nitrogens with zero attached hydrogens (tertiary/aromatic N) is 2. The molecule has 0 radical (unpaired) electrons. The van der Waals surface area contributed by atoms with Gasteiger partial charge >= 0.3 is 0 Å². The summed E-state index contributed by atoms with van der Waals surface area (Å²) in [6, 6.07) is 0. The quantitative estimate of drug-likeness (QED) is 0.801. The fourth-order valence-electron chi connectivity index (χ4n) is 0.673. The Kier molecular flexibility index (Phi) is 3.75. The highest BCUT2D eigenvalue weighted by molar-refractivity contribution is 7.11. The van der Waals surface area contributed by atoms with Gasteiger partial charge in [-0.3, -0.25) is 0 Å². The maximum Gasteiger partial charge on any atom is 0.274 e. The van der Waals surface area contributed by atoms with Crippen molar-refractivity contribution in [2.45, 2.75) is 19.4 Å². The van der Waals surface area contributed by atoms with Gasteiger partial charge in [0.2, 0.25) is 0 Å². The zero-order valence-electron chi connectivity index (χ0n) is 8.87. The van der Waals surface area contributed by atoms with Gasteiger partial charge in [0, 0.05) is 10.9 Å². The minimum atomic E-state index is -0.00184. The van der Waals surface area contributed by atoms with E-state index in [-0.39, 0.29) is 5.54 Å². The van der Waals surface area contributed by atoms with Gasteiger partial charge in [-0.15, -0.1) is 0 Å². The minimum Gasteiger partial charge on any atom is -0.468 e. The molecule has 0 bridgehead atoms. The van der Waals surface area contributed by atoms with Crippen LogP contribution in [-0.2, 0) is 0 Å². The standard InChI is InChI=1S/C9H15ClN2OS/c1-9(2,12(3)4)6-13-8-11-7(10)5-14-8/h5H,6H2,1-4H3. The molecule has 1 heterocycles. The van der Waals surface area contributed by atoms with Crippen LogP contribution in [0, 0.1) is 0 Å². The summed E-state index contributed by atoms with van der Waals surface area (Å²) in [5.41, 5.74) is -0.00184. The zero-order valence-corrected chi connectivity index (χ0v) is 10.4. The average molecular weight is 235 g/mol. The summed E-state index contributed by atoms with van der Waals surface area (Å²) in [5, 5.41) is 2.89. The largest absolute Gasteiger partial charge is 0.468 e. The highest BCUT2D eigenvalue weighted by Crippen LogP contribution is 2.22. The lowest BCUT2D eigenvalue weighted by molar-refractivity contribution is 0.114. The number of hydrogen-bond acceptors (Lipinski definition) is 4. The van der Waals surface area contributed by atoms with E-state index in [1.807, 2.05) is 14.1 Å². The van der Waals surface area contributed by atoms with Gasteiger partial charge in [0.15, 0.2) is 0 Å². The first-order valence-electron chi connectivity index (χ1n) is 4.33. The maximum absolute atomic E-state index is 5.68. The SMILES string of the molecule is CN(C)C(C)(C)COc1nc(Cl)cs1. The van der Waals surface area contributed by atoms with Gasteiger partial charge in [0.1, 0.15) is 11.8 Å². The molecule has 0 spiro atoms. The Morgan fingerprint density at radius 1 is 1.57 bits per heavy atom. The Labute approximate surface area is 93.7 Å². The highest BCUT2D eigenvalue weighted by atomic mass is 35.5. The minimum absolute atomic E-state index is 0.00184. The fourth-order valence-corrected chi connectivity index (χ4v) is 1.46. The summed E-state index contributed by atoms with van der Waals surface area (Å²) < 4.78 is 5.53. The molecule has 14 heavy (non-hydrogen) atoms. The number of hydrogen-bond donors (Lipinski definition) is 0. The highest BCUT2D eigenvalue weighted by Gasteiger charge is 2.21. The third-order valence-electron chi connectivity index (χ3n) is 2.21. The topological polar surface area (TPSA) is 25.4 Å². The van der Waals surface area contributed by atoms with Gasteiger partial charge in [0.25, 0.3) is 5.19 Å². The van der Waals surface area contributed by atoms with E-state index in [0.29, 0.717) is 17.0 Å². The predicted molar refractivity (Wildman–Crippen MR) is 60.4 cm³/mol. The van der Waals surface area contributed by atoms with Crippen LogP contribution >= 0.6 is 22.9 Å². The average Bonchev–Trinajstić information content (AvgIpc) is 2.48. The first-order valence-corrected chi connectivity index (χ1v) is 5.59. The van der Waals surface area contributed by atoms with Crippen LogP contribution in [0.5, 0.6) is 5.19 Å². The monoisotopic (exact) mass is 234 g/mol. The van der Waals surface area contributed by atoms with Crippen molar-refractivity contribution in [2.75, 3.05) is 20.7 Å². The molecule has 3 nitrogen and oxygen atoms in total. The normalized spacial score (nSPS) is 12.1. The van der Waals surface area contributed by atoms with Crippen molar-refractivity contribution in [2.24, 2.45) is 0 Å². The number of likely N-dealkylation sites (N-methyl/N-ethyl adjacent to an activating group) is 1. The molecule has 0 saturated carbocycles. The van der Waals surface area contributed by atoms with Crippen molar-refractivity contribution >= 4 is 22.9 Å². The predicted octanol–water partition coefficient (Wildman–Crippen LogP) is 2.52. The second-order valence-electron chi connectivity index (χ2n) is 3.93. The Bertz CT molecular complexity index is 299. The molecule has 0 fully saturated rings. The van der Waals surface area contributed by atoms with E-state index < -0.39 is 0 Å². The molecule has 0 amide bonds. The van der Waals surface area contributed by atoms with Crippen LogP contribution in [-0.4, -0.2) is 36.1 Å². The molecule has 1 aromatic heterocycles. The van der Waals surface area contributed by atoms with E-state index in [1.165, 1.54) is 11.3 Å². The number of aromatic nitrogens is 1. The first-order chi connectivity index (χ1) is 6.42. The third kappa shape index (κ3) is 3.12. The van der Waals surface area contributed by atoms with Crippen LogP contribution in [0.25, 0.3) is 0 Å². The van der Waals surface area contributed by atoms with E-state index in [2.05, 4.69) is 23.7 Å². The van der Waals surface area contributed by atoms with E-state index in [0.717, 1.165) is 0 Å². The van der Waals surface area contributed by atoms with E-state index >= 15 is 0 Å². The van der Waals surface area contributed by atoms with Crippen LogP contribution in [0.4, 0.5) is 0 Å². The van der Waals surface area contributed by atoms with Crippen molar-refractivity contribution < 1.29 is 4.74 Å². The molecule has 0 N–H and O–H groups in total. The lowest BCUT2D eigenvalue weighted by Crippen LogP contribution is -2.43. The van der Waals surface area contributed by atoms with Crippen molar-refractivity contribution in [3.63, 3.8) is 0 Å². The molecular weight excluding hydrogens is 220 g/mol. The molecule has 0 aliphatic heterocycles. The Morgan fingerprint density at radius 3 is 2.64 bits per heavy atom. The van der Waals surface area contributed by atoms with Crippen molar-refractivity contribution in [3.05, 3.63) is 10.5 Å². The molecule has 0 saturated heterocycles. The second kappa shape index (κ2) is 4.47. The Balaban J connectivity index is 2.48.